The Hall–Kier alpha value is -2.77. The smallest absolute Gasteiger partial charge is 0.341 e. The van der Waals surface area contributed by atoms with E-state index in [0.29, 0.717) is 17.5 Å². The lowest BCUT2D eigenvalue weighted by Gasteiger charge is -2.50. The van der Waals surface area contributed by atoms with Crippen molar-refractivity contribution in [3.05, 3.63) is 53.6 Å². The molecule has 4 atom stereocenters. The first-order valence-electron chi connectivity index (χ1n) is 11.2. The van der Waals surface area contributed by atoms with Crippen molar-refractivity contribution in [2.75, 3.05) is 13.2 Å². The minimum Gasteiger partial charge on any atom is -0.504 e. The molecule has 3 aliphatic heterocycles. The topological polar surface area (TPSA) is 88.5 Å². The molecule has 2 aromatic rings. The number of nitrogens with zero attached hydrogens (tertiary/aromatic N) is 1. The van der Waals surface area contributed by atoms with Crippen LogP contribution in [0.5, 0.6) is 17.2 Å². The lowest BCUT2D eigenvalue weighted by Crippen LogP contribution is -2.53. The van der Waals surface area contributed by atoms with Crippen LogP contribution in [0.1, 0.15) is 43.9 Å². The highest BCUT2D eigenvalue weighted by atomic mass is 16.5. The zero-order chi connectivity index (χ0) is 22.5. The van der Waals surface area contributed by atoms with E-state index < -0.39 is 11.6 Å². The molecule has 0 saturated carbocycles. The molecule has 0 aromatic heterocycles. The molecular weight excluding hydrogens is 410 g/mol. The number of benzene rings is 2. The number of likely N-dealkylation sites (tertiary alicyclic amines) is 1. The second-order valence-corrected chi connectivity index (χ2v) is 9.49. The molecule has 2 aromatic carbocycles. The highest BCUT2D eigenvalue weighted by Gasteiger charge is 2.53. The van der Waals surface area contributed by atoms with E-state index in [2.05, 4.69) is 18.7 Å². The van der Waals surface area contributed by atoms with Gasteiger partial charge in [-0.2, -0.15) is 0 Å². The number of fused-ring (bicyclic) bond motifs is 4. The first-order chi connectivity index (χ1) is 15.3. The minimum absolute atomic E-state index is 0.0762. The van der Waals surface area contributed by atoms with Crippen molar-refractivity contribution in [1.29, 1.82) is 0 Å². The van der Waals surface area contributed by atoms with Gasteiger partial charge in [-0.25, -0.2) is 4.79 Å². The summed E-state index contributed by atoms with van der Waals surface area (Å²) < 4.78 is 18.2. The van der Waals surface area contributed by atoms with E-state index in [9.17, 15) is 9.90 Å². The van der Waals surface area contributed by atoms with E-state index in [4.69, 9.17) is 19.3 Å². The number of carbonyl (C=O) groups is 1. The Kier molecular flexibility index (Phi) is 5.26. The van der Waals surface area contributed by atoms with Crippen molar-refractivity contribution >= 4 is 5.97 Å². The first kappa shape index (κ1) is 21.1. The lowest BCUT2D eigenvalue weighted by molar-refractivity contribution is -0.163. The zero-order valence-electron chi connectivity index (χ0n) is 18.4. The van der Waals surface area contributed by atoms with E-state index >= 15 is 0 Å². The molecule has 7 heteroatoms. The van der Waals surface area contributed by atoms with E-state index in [1.807, 2.05) is 36.4 Å². The van der Waals surface area contributed by atoms with Crippen molar-refractivity contribution in [2.24, 2.45) is 5.92 Å². The average molecular weight is 440 g/mol. The average Bonchev–Trinajstić information content (AvgIpc) is 3.15. The summed E-state index contributed by atoms with van der Waals surface area (Å²) >= 11 is 0. The van der Waals surface area contributed by atoms with Gasteiger partial charge in [0.05, 0.1) is 12.2 Å². The number of aliphatic carboxylic acids is 1. The molecule has 2 N–H and O–H groups in total. The van der Waals surface area contributed by atoms with Crippen molar-refractivity contribution in [3.63, 3.8) is 0 Å². The number of carboxylic acid groups (broad SMARTS) is 1. The Morgan fingerprint density at radius 2 is 2.00 bits per heavy atom. The van der Waals surface area contributed by atoms with Gasteiger partial charge in [-0.3, -0.25) is 4.90 Å². The van der Waals surface area contributed by atoms with Gasteiger partial charge in [0.25, 0.3) is 0 Å². The highest BCUT2D eigenvalue weighted by Crippen LogP contribution is 2.54. The van der Waals surface area contributed by atoms with Crippen LogP contribution in [-0.2, 0) is 16.1 Å². The van der Waals surface area contributed by atoms with Gasteiger partial charge in [0.15, 0.2) is 18.1 Å². The highest BCUT2D eigenvalue weighted by molar-refractivity contribution is 5.68. The predicted octanol–water partition coefficient (Wildman–Crippen LogP) is 3.75. The molecule has 170 valence electrons. The molecule has 5 rings (SSSR count). The van der Waals surface area contributed by atoms with E-state index in [1.165, 1.54) is 0 Å². The minimum atomic E-state index is -0.986. The maximum absolute atomic E-state index is 10.7. The van der Waals surface area contributed by atoms with Crippen LogP contribution in [0.25, 0.3) is 0 Å². The summed E-state index contributed by atoms with van der Waals surface area (Å²) in [5.41, 5.74) is 1.66. The van der Waals surface area contributed by atoms with Gasteiger partial charge >= 0.3 is 5.97 Å². The molecule has 0 radical (unpaired) electrons. The number of ether oxygens (including phenoxy) is 3. The van der Waals surface area contributed by atoms with Gasteiger partial charge in [0, 0.05) is 30.6 Å². The lowest BCUT2D eigenvalue weighted by atomic mass is 9.74. The molecule has 0 unspecified atom stereocenters. The molecule has 0 aliphatic carbocycles. The molecule has 7 nitrogen and oxygen atoms in total. The van der Waals surface area contributed by atoms with Crippen LogP contribution < -0.4 is 9.47 Å². The zero-order valence-corrected chi connectivity index (χ0v) is 18.4. The summed E-state index contributed by atoms with van der Waals surface area (Å²) in [4.78, 5) is 13.1. The van der Waals surface area contributed by atoms with Crippen molar-refractivity contribution in [2.45, 2.75) is 57.1 Å². The Labute approximate surface area is 187 Å². The van der Waals surface area contributed by atoms with Crippen LogP contribution in [-0.4, -0.2) is 52.0 Å². The van der Waals surface area contributed by atoms with Crippen molar-refractivity contribution < 1.29 is 29.2 Å². The van der Waals surface area contributed by atoms with Crippen LogP contribution in [0.2, 0.25) is 0 Å². The fraction of sp³-hybridized carbons (Fsp3) is 0.480. The third kappa shape index (κ3) is 3.80. The summed E-state index contributed by atoms with van der Waals surface area (Å²) in [6, 6.07) is 13.4. The second-order valence-electron chi connectivity index (χ2n) is 9.49. The summed E-state index contributed by atoms with van der Waals surface area (Å²) in [5, 5.41) is 19.1. The molecule has 3 heterocycles. The number of phenols is 1. The molecule has 2 saturated heterocycles. The van der Waals surface area contributed by atoms with Crippen molar-refractivity contribution in [1.82, 2.24) is 4.90 Å². The van der Waals surface area contributed by atoms with Gasteiger partial charge in [-0.05, 0) is 50.5 Å². The van der Waals surface area contributed by atoms with Crippen LogP contribution in [0.4, 0.5) is 0 Å². The molecule has 2 fully saturated rings. The van der Waals surface area contributed by atoms with E-state index in [0.717, 1.165) is 37.1 Å². The monoisotopic (exact) mass is 439 g/mol. The van der Waals surface area contributed by atoms with Crippen molar-refractivity contribution in [3.8, 4) is 17.2 Å². The fourth-order valence-corrected chi connectivity index (χ4v) is 5.43. The molecule has 3 aliphatic rings. The number of phenolic OH excluding ortho intramolecular Hbond substituents is 1. The molecule has 0 bridgehead atoms. The SMILES string of the molecule is CC1(C)Oc2c(O)cccc2[C@@H]2O[C@@H]3CCN(Cc4ccc(OCC(=O)O)cc4)[C@@H]3C[C@H]21. The van der Waals surface area contributed by atoms with Crippen LogP contribution in [0, 0.1) is 5.92 Å². The number of carboxylic acids is 1. The number of rotatable bonds is 5. The number of hydrogen-bond donors (Lipinski definition) is 2. The van der Waals surface area contributed by atoms with E-state index in [-0.39, 0.29) is 30.5 Å². The fourth-order valence-electron chi connectivity index (χ4n) is 5.43. The number of hydrogen-bond acceptors (Lipinski definition) is 6. The normalized spacial score (nSPS) is 28.2. The van der Waals surface area contributed by atoms with Crippen LogP contribution >= 0.6 is 0 Å². The third-order valence-electron chi connectivity index (χ3n) is 7.04. The molecule has 0 spiro atoms. The Morgan fingerprint density at radius 1 is 1.22 bits per heavy atom. The van der Waals surface area contributed by atoms with Crippen LogP contribution in [0.3, 0.4) is 0 Å². The largest absolute Gasteiger partial charge is 0.504 e. The van der Waals surface area contributed by atoms with Gasteiger partial charge in [0.1, 0.15) is 11.4 Å². The summed E-state index contributed by atoms with van der Waals surface area (Å²) in [5.74, 6) is 0.480. The number of para-hydroxylation sites is 1. The summed E-state index contributed by atoms with van der Waals surface area (Å²) in [6.45, 7) is 5.59. The van der Waals surface area contributed by atoms with E-state index in [1.54, 1.807) is 6.07 Å². The summed E-state index contributed by atoms with van der Waals surface area (Å²) in [6.07, 6.45) is 2.02. The summed E-state index contributed by atoms with van der Waals surface area (Å²) in [7, 11) is 0. The quantitative estimate of drug-likeness (QED) is 0.734. The predicted molar refractivity (Wildman–Crippen MR) is 117 cm³/mol. The van der Waals surface area contributed by atoms with Gasteiger partial charge < -0.3 is 24.4 Å². The first-order valence-corrected chi connectivity index (χ1v) is 11.2. The van der Waals surface area contributed by atoms with Gasteiger partial charge in [-0.1, -0.05) is 24.3 Å². The Bertz CT molecular complexity index is 1000. The second kappa shape index (κ2) is 7.98. The Morgan fingerprint density at radius 3 is 2.75 bits per heavy atom. The molecule has 0 amide bonds. The maximum atomic E-state index is 10.7. The number of aromatic hydroxyl groups is 1. The standard InChI is InChI=1S/C25H29NO6/c1-25(2)18-12-19-21(31-23(18)17-4-3-5-20(27)24(17)32-25)10-11-26(19)13-15-6-8-16(9-7-15)30-14-22(28)29/h3-9,18-19,21,23,27H,10-14H2,1-2H3,(H,28,29)/t18-,19-,21-,23+/m1/s1. The maximum Gasteiger partial charge on any atom is 0.341 e. The van der Waals surface area contributed by atoms with Gasteiger partial charge in [-0.15, -0.1) is 0 Å². The molecule has 32 heavy (non-hydrogen) atoms. The molecular formula is C25H29NO6. The van der Waals surface area contributed by atoms with Gasteiger partial charge in [0.2, 0.25) is 0 Å². The third-order valence-corrected chi connectivity index (χ3v) is 7.04. The Balaban J connectivity index is 1.31. The van der Waals surface area contributed by atoms with Crippen LogP contribution in [0.15, 0.2) is 42.5 Å².